The maximum atomic E-state index is 13.8. The summed E-state index contributed by atoms with van der Waals surface area (Å²) in [4.78, 5) is 26.1. The molecule has 0 aliphatic carbocycles. The van der Waals surface area contributed by atoms with Gasteiger partial charge in [0.15, 0.2) is 24.8 Å². The van der Waals surface area contributed by atoms with Gasteiger partial charge >= 0.3 is 11.9 Å². The number of hydrogen-bond donors (Lipinski definition) is 1. The molecule has 0 radical (unpaired) electrons. The van der Waals surface area contributed by atoms with Crippen molar-refractivity contribution >= 4 is 11.9 Å². The minimum atomic E-state index is -1.44. The molecule has 0 saturated carbocycles. The minimum Gasteiger partial charge on any atom is -0.497 e. The highest BCUT2D eigenvalue weighted by molar-refractivity contribution is 5.89. The molecule has 8 atom stereocenters. The zero-order chi connectivity index (χ0) is 37.0. The maximum absolute atomic E-state index is 13.8. The third-order valence-electron chi connectivity index (χ3n) is 8.84. The standard InChI is InChI=1S/C41H44O12/c1-27(42)51-34-26-49-40(44)37(48-24-30-16-10-5-11-17-30)36(34)53-41-38(52-39(43)31-18-20-32(45-2)21-19-31)35(47-23-29-14-8-4-9-15-29)33(25-50-41)46-22-28-12-6-3-7-13-28/h3-21,33-38,40-41,44H,22-26H2,1-2H3/t33-,34-,35-,36-,37+,38+,40-,41-/m0/s1. The summed E-state index contributed by atoms with van der Waals surface area (Å²) in [7, 11) is 1.53. The molecular formula is C41H44O12. The van der Waals surface area contributed by atoms with Crippen molar-refractivity contribution in [2.45, 2.75) is 75.9 Å². The summed E-state index contributed by atoms with van der Waals surface area (Å²) in [6.45, 7) is 1.57. The SMILES string of the molecule is COc1ccc(C(=O)O[C@H]2[C@H](O[C@@H]3[C@@H](OCc4ccccc4)[C@@H](O)OC[C@@H]3OC(C)=O)OC[C@H](OCc3ccccc3)[C@@H]2OCc2ccccc2)cc1. The molecule has 2 fully saturated rings. The molecule has 2 saturated heterocycles. The van der Waals surface area contributed by atoms with Gasteiger partial charge in [0.2, 0.25) is 0 Å². The molecule has 6 rings (SSSR count). The summed E-state index contributed by atoms with van der Waals surface area (Å²) in [5, 5.41) is 11.0. The lowest BCUT2D eigenvalue weighted by atomic mass is 10.0. The van der Waals surface area contributed by atoms with Crippen molar-refractivity contribution in [1.82, 2.24) is 0 Å². The molecule has 2 aliphatic rings. The third kappa shape index (κ3) is 10.5. The van der Waals surface area contributed by atoms with Crippen LogP contribution in [0.2, 0.25) is 0 Å². The first-order valence-electron chi connectivity index (χ1n) is 17.4. The normalized spacial score (nSPS) is 25.6. The summed E-state index contributed by atoms with van der Waals surface area (Å²) < 4.78 is 54.7. The van der Waals surface area contributed by atoms with Gasteiger partial charge in [0, 0.05) is 6.92 Å². The van der Waals surface area contributed by atoms with Gasteiger partial charge in [-0.3, -0.25) is 4.79 Å². The van der Waals surface area contributed by atoms with Crippen molar-refractivity contribution in [2.75, 3.05) is 20.3 Å². The lowest BCUT2D eigenvalue weighted by Crippen LogP contribution is -2.62. The van der Waals surface area contributed by atoms with Crippen LogP contribution in [0.1, 0.15) is 34.0 Å². The van der Waals surface area contributed by atoms with Crippen LogP contribution in [0.15, 0.2) is 115 Å². The van der Waals surface area contributed by atoms with E-state index in [0.717, 1.165) is 16.7 Å². The van der Waals surface area contributed by atoms with Crippen molar-refractivity contribution in [2.24, 2.45) is 0 Å². The Hall–Kier alpha value is -4.66. The van der Waals surface area contributed by atoms with E-state index < -0.39 is 61.1 Å². The third-order valence-corrected chi connectivity index (χ3v) is 8.84. The molecule has 12 heteroatoms. The molecule has 0 bridgehead atoms. The van der Waals surface area contributed by atoms with Crippen LogP contribution in [-0.4, -0.2) is 86.6 Å². The van der Waals surface area contributed by atoms with E-state index in [0.29, 0.717) is 5.75 Å². The van der Waals surface area contributed by atoms with E-state index in [4.69, 9.17) is 42.6 Å². The van der Waals surface area contributed by atoms with Crippen LogP contribution in [0.5, 0.6) is 5.75 Å². The molecule has 280 valence electrons. The van der Waals surface area contributed by atoms with Crippen LogP contribution >= 0.6 is 0 Å². The second-order valence-corrected chi connectivity index (χ2v) is 12.6. The van der Waals surface area contributed by atoms with Crippen LogP contribution in [0.25, 0.3) is 0 Å². The highest BCUT2D eigenvalue weighted by Gasteiger charge is 2.51. The quantitative estimate of drug-likeness (QED) is 0.165. The largest absolute Gasteiger partial charge is 0.497 e. The van der Waals surface area contributed by atoms with Gasteiger partial charge in [-0.2, -0.15) is 0 Å². The smallest absolute Gasteiger partial charge is 0.338 e. The Morgan fingerprint density at radius 2 is 1.15 bits per heavy atom. The van der Waals surface area contributed by atoms with Crippen LogP contribution in [0.3, 0.4) is 0 Å². The molecule has 4 aromatic carbocycles. The molecule has 0 amide bonds. The number of carbonyl (C=O) groups is 2. The highest BCUT2D eigenvalue weighted by Crippen LogP contribution is 2.32. The van der Waals surface area contributed by atoms with Gasteiger partial charge in [0.25, 0.3) is 0 Å². The van der Waals surface area contributed by atoms with Gasteiger partial charge in [-0.05, 0) is 41.0 Å². The predicted octanol–water partition coefficient (Wildman–Crippen LogP) is 5.00. The second-order valence-electron chi connectivity index (χ2n) is 12.6. The zero-order valence-corrected chi connectivity index (χ0v) is 29.6. The molecule has 2 aliphatic heterocycles. The number of benzene rings is 4. The number of aliphatic hydroxyl groups excluding tert-OH is 1. The van der Waals surface area contributed by atoms with Crippen molar-refractivity contribution in [3.63, 3.8) is 0 Å². The van der Waals surface area contributed by atoms with Gasteiger partial charge < -0.3 is 47.7 Å². The fourth-order valence-electron chi connectivity index (χ4n) is 6.13. The van der Waals surface area contributed by atoms with E-state index in [1.54, 1.807) is 24.3 Å². The van der Waals surface area contributed by atoms with E-state index in [1.165, 1.54) is 14.0 Å². The van der Waals surface area contributed by atoms with Crippen molar-refractivity contribution in [3.8, 4) is 5.75 Å². The lowest BCUT2D eigenvalue weighted by Gasteiger charge is -2.45. The van der Waals surface area contributed by atoms with Crippen LogP contribution in [0.4, 0.5) is 0 Å². The average Bonchev–Trinajstić information content (AvgIpc) is 3.19. The molecule has 1 N–H and O–H groups in total. The Labute approximate surface area is 308 Å². The zero-order valence-electron chi connectivity index (χ0n) is 29.6. The Bertz CT molecular complexity index is 1710. The lowest BCUT2D eigenvalue weighted by molar-refractivity contribution is -0.341. The number of methoxy groups -OCH3 is 1. The maximum Gasteiger partial charge on any atom is 0.338 e. The Morgan fingerprint density at radius 3 is 1.70 bits per heavy atom. The molecule has 2 heterocycles. The topological polar surface area (TPSA) is 137 Å². The number of aliphatic hydroxyl groups is 1. The molecular weight excluding hydrogens is 684 g/mol. The molecule has 0 spiro atoms. The Balaban J connectivity index is 1.32. The summed E-state index contributed by atoms with van der Waals surface area (Å²) in [6, 6.07) is 35.0. The molecule has 12 nitrogen and oxygen atoms in total. The van der Waals surface area contributed by atoms with Gasteiger partial charge in [-0.25, -0.2) is 4.79 Å². The minimum absolute atomic E-state index is 0.00686. The van der Waals surface area contributed by atoms with Crippen LogP contribution < -0.4 is 4.74 Å². The summed E-state index contributed by atoms with van der Waals surface area (Å²) in [5.74, 6) is -0.693. The molecule has 0 unspecified atom stereocenters. The number of hydrogen-bond acceptors (Lipinski definition) is 12. The Morgan fingerprint density at radius 1 is 0.623 bits per heavy atom. The summed E-state index contributed by atoms with van der Waals surface area (Å²) in [5.41, 5.74) is 2.90. The second kappa shape index (κ2) is 18.9. The number of esters is 2. The first kappa shape index (κ1) is 38.1. The van der Waals surface area contributed by atoms with Crippen molar-refractivity contribution in [3.05, 3.63) is 138 Å². The molecule has 53 heavy (non-hydrogen) atoms. The highest BCUT2D eigenvalue weighted by atomic mass is 16.7. The van der Waals surface area contributed by atoms with Gasteiger partial charge in [-0.1, -0.05) is 91.0 Å². The van der Waals surface area contributed by atoms with Crippen LogP contribution in [0, 0.1) is 0 Å². The van der Waals surface area contributed by atoms with Gasteiger partial charge in [0.1, 0.15) is 30.2 Å². The van der Waals surface area contributed by atoms with Crippen LogP contribution in [-0.2, 0) is 62.5 Å². The average molecular weight is 729 g/mol. The Kier molecular flexibility index (Phi) is 13.6. The number of carbonyl (C=O) groups excluding carboxylic acids is 2. The fourth-order valence-corrected chi connectivity index (χ4v) is 6.13. The first-order chi connectivity index (χ1) is 25.9. The van der Waals surface area contributed by atoms with E-state index in [9.17, 15) is 14.7 Å². The molecule has 0 aromatic heterocycles. The van der Waals surface area contributed by atoms with Crippen molar-refractivity contribution < 1.29 is 57.3 Å². The summed E-state index contributed by atoms with van der Waals surface area (Å²) in [6.07, 6.45) is -8.80. The molecule has 4 aromatic rings. The van der Waals surface area contributed by atoms with E-state index in [2.05, 4.69) is 0 Å². The monoisotopic (exact) mass is 728 g/mol. The fraction of sp³-hybridized carbons (Fsp3) is 0.366. The van der Waals surface area contributed by atoms with E-state index in [-0.39, 0.29) is 38.6 Å². The van der Waals surface area contributed by atoms with E-state index >= 15 is 0 Å². The van der Waals surface area contributed by atoms with Crippen molar-refractivity contribution in [1.29, 1.82) is 0 Å². The van der Waals surface area contributed by atoms with Gasteiger partial charge in [0.05, 0.1) is 45.7 Å². The summed E-state index contributed by atoms with van der Waals surface area (Å²) >= 11 is 0. The predicted molar refractivity (Wildman–Crippen MR) is 189 cm³/mol. The van der Waals surface area contributed by atoms with E-state index in [1.807, 2.05) is 91.0 Å². The number of rotatable bonds is 15. The van der Waals surface area contributed by atoms with Gasteiger partial charge in [-0.15, -0.1) is 0 Å². The first-order valence-corrected chi connectivity index (χ1v) is 17.4. The number of ether oxygens (including phenoxy) is 9.